The van der Waals surface area contributed by atoms with E-state index >= 15 is 0 Å². The van der Waals surface area contributed by atoms with Crippen LogP contribution in [0.1, 0.15) is 36.6 Å². The van der Waals surface area contributed by atoms with Crippen LogP contribution in [0.5, 0.6) is 5.75 Å². The lowest BCUT2D eigenvalue weighted by Gasteiger charge is -2.50. The van der Waals surface area contributed by atoms with Gasteiger partial charge in [-0.15, -0.1) is 0 Å². The van der Waals surface area contributed by atoms with Crippen LogP contribution >= 0.6 is 0 Å². The minimum Gasteiger partial charge on any atom is -0.497 e. The average Bonchev–Trinajstić information content (AvgIpc) is 3.07. The van der Waals surface area contributed by atoms with Gasteiger partial charge in [0.2, 0.25) is 0 Å². The molecule has 1 fully saturated rings. The van der Waals surface area contributed by atoms with Gasteiger partial charge in [0, 0.05) is 34.5 Å². The number of hydrogen-bond acceptors (Lipinski definition) is 2. The predicted octanol–water partition coefficient (Wildman–Crippen LogP) is 4.50. The lowest BCUT2D eigenvalue weighted by atomic mass is 9.61. The van der Waals surface area contributed by atoms with E-state index < -0.39 is 0 Å². The van der Waals surface area contributed by atoms with E-state index in [0.717, 1.165) is 25.3 Å². The molecule has 1 aliphatic carbocycles. The van der Waals surface area contributed by atoms with Crippen LogP contribution in [-0.4, -0.2) is 36.1 Å². The van der Waals surface area contributed by atoms with E-state index in [4.69, 9.17) is 4.74 Å². The fourth-order valence-corrected chi connectivity index (χ4v) is 5.46. The molecule has 26 heavy (non-hydrogen) atoms. The van der Waals surface area contributed by atoms with Crippen molar-refractivity contribution in [1.29, 1.82) is 0 Å². The lowest BCUT2D eigenvalue weighted by molar-refractivity contribution is 0.102. The molecule has 1 saturated heterocycles. The Bertz CT molecular complexity index is 960. The molecular formula is C23H26N2O. The molecule has 2 aromatic carbocycles. The van der Waals surface area contributed by atoms with Crippen LogP contribution in [-0.2, 0) is 11.8 Å². The first-order valence-electron chi connectivity index (χ1n) is 9.74. The van der Waals surface area contributed by atoms with Gasteiger partial charge in [0.15, 0.2) is 0 Å². The third-order valence-corrected chi connectivity index (χ3v) is 6.66. The summed E-state index contributed by atoms with van der Waals surface area (Å²) in [7, 11) is 1.76. The van der Waals surface area contributed by atoms with Gasteiger partial charge < -0.3 is 14.6 Å². The van der Waals surface area contributed by atoms with Crippen molar-refractivity contribution in [3.63, 3.8) is 0 Å². The number of likely N-dealkylation sites (tertiary alicyclic amines) is 1. The Morgan fingerprint density at radius 3 is 2.92 bits per heavy atom. The highest BCUT2D eigenvalue weighted by atomic mass is 16.5. The summed E-state index contributed by atoms with van der Waals surface area (Å²) in [4.78, 5) is 6.41. The van der Waals surface area contributed by atoms with Gasteiger partial charge in [-0.3, -0.25) is 0 Å². The molecule has 0 radical (unpaired) electrons. The molecule has 0 amide bonds. The van der Waals surface area contributed by atoms with Crippen molar-refractivity contribution in [2.24, 2.45) is 0 Å². The van der Waals surface area contributed by atoms with Crippen molar-refractivity contribution < 1.29 is 4.74 Å². The number of ether oxygens (including phenoxy) is 1. The van der Waals surface area contributed by atoms with Gasteiger partial charge in [0.1, 0.15) is 5.75 Å². The second kappa shape index (κ2) is 5.88. The number of H-pyrrole nitrogens is 1. The van der Waals surface area contributed by atoms with Crippen LogP contribution < -0.4 is 4.74 Å². The number of para-hydroxylation sites is 1. The zero-order valence-electron chi connectivity index (χ0n) is 15.6. The molecule has 1 aliphatic heterocycles. The van der Waals surface area contributed by atoms with Gasteiger partial charge in [0.25, 0.3) is 0 Å². The minimum atomic E-state index is 0.0814. The summed E-state index contributed by atoms with van der Waals surface area (Å²) >= 11 is 0. The van der Waals surface area contributed by atoms with Gasteiger partial charge >= 0.3 is 0 Å². The summed E-state index contributed by atoms with van der Waals surface area (Å²) in [6.45, 7) is 4.59. The molecule has 3 aromatic rings. The standard InChI is InChI=1S/C23H26N2O/c1-3-25-12-11-23(16-7-6-8-18(13-16)26-2)15-17(25)14-21-22(23)19-9-4-5-10-20(19)24-21/h4-10,13,17,24H,3,11-12,14-15H2,1-2H3/t17-,23-/m1/s1. The Hall–Kier alpha value is -2.26. The van der Waals surface area contributed by atoms with Crippen molar-refractivity contribution in [2.75, 3.05) is 20.2 Å². The van der Waals surface area contributed by atoms with E-state index in [1.807, 2.05) is 0 Å². The van der Waals surface area contributed by atoms with Crippen LogP contribution in [0.4, 0.5) is 0 Å². The Kier molecular flexibility index (Phi) is 3.61. The normalized spacial score (nSPS) is 25.2. The molecule has 2 atom stereocenters. The van der Waals surface area contributed by atoms with E-state index in [1.165, 1.54) is 40.6 Å². The zero-order valence-corrected chi connectivity index (χ0v) is 15.6. The summed E-state index contributed by atoms with van der Waals surface area (Å²) in [5.41, 5.74) is 5.73. The largest absolute Gasteiger partial charge is 0.497 e. The van der Waals surface area contributed by atoms with Crippen LogP contribution in [0.2, 0.25) is 0 Å². The topological polar surface area (TPSA) is 28.3 Å². The van der Waals surface area contributed by atoms with Crippen molar-refractivity contribution in [3.05, 3.63) is 65.4 Å². The molecule has 3 nitrogen and oxygen atoms in total. The van der Waals surface area contributed by atoms with Gasteiger partial charge in [0.05, 0.1) is 7.11 Å². The quantitative estimate of drug-likeness (QED) is 0.756. The maximum absolute atomic E-state index is 5.56. The van der Waals surface area contributed by atoms with E-state index in [9.17, 15) is 0 Å². The number of piperidine rings is 1. The van der Waals surface area contributed by atoms with E-state index in [-0.39, 0.29) is 5.41 Å². The third-order valence-electron chi connectivity index (χ3n) is 6.66. The summed E-state index contributed by atoms with van der Waals surface area (Å²) in [6, 6.07) is 18.2. The number of nitrogens with one attached hydrogen (secondary N) is 1. The van der Waals surface area contributed by atoms with E-state index in [2.05, 4.69) is 65.3 Å². The van der Waals surface area contributed by atoms with Crippen LogP contribution in [0.15, 0.2) is 48.5 Å². The molecule has 0 saturated carbocycles. The van der Waals surface area contributed by atoms with Gasteiger partial charge in [-0.2, -0.15) is 0 Å². The summed E-state index contributed by atoms with van der Waals surface area (Å²) < 4.78 is 5.56. The SMILES string of the molecule is CCN1CC[C@]2(c3cccc(OC)c3)C[C@H]1Cc1[nH]c3ccccc3c12. The number of rotatable bonds is 3. The number of nitrogens with zero attached hydrogens (tertiary/aromatic N) is 1. The van der Waals surface area contributed by atoms with Crippen molar-refractivity contribution in [1.82, 2.24) is 9.88 Å². The monoisotopic (exact) mass is 346 g/mol. The molecule has 5 rings (SSSR count). The second-order valence-electron chi connectivity index (χ2n) is 7.78. The van der Waals surface area contributed by atoms with Crippen LogP contribution in [0.3, 0.4) is 0 Å². The van der Waals surface area contributed by atoms with E-state index in [0.29, 0.717) is 6.04 Å². The number of aromatic nitrogens is 1. The van der Waals surface area contributed by atoms with Crippen molar-refractivity contribution >= 4 is 10.9 Å². The van der Waals surface area contributed by atoms with E-state index in [1.54, 1.807) is 7.11 Å². The fraction of sp³-hybridized carbons (Fsp3) is 0.391. The Labute approximate surface area is 155 Å². The molecule has 0 spiro atoms. The number of fused-ring (bicyclic) bond motifs is 6. The smallest absolute Gasteiger partial charge is 0.119 e. The van der Waals surface area contributed by atoms with Gasteiger partial charge in [-0.1, -0.05) is 37.3 Å². The molecule has 2 bridgehead atoms. The Balaban J connectivity index is 1.77. The first-order valence-corrected chi connectivity index (χ1v) is 9.74. The van der Waals surface area contributed by atoms with Crippen molar-refractivity contribution in [2.45, 2.75) is 37.6 Å². The average molecular weight is 346 g/mol. The third kappa shape index (κ3) is 2.16. The predicted molar refractivity (Wildman–Crippen MR) is 106 cm³/mol. The molecular weight excluding hydrogens is 320 g/mol. The highest BCUT2D eigenvalue weighted by molar-refractivity contribution is 5.87. The first kappa shape index (κ1) is 16.0. The molecule has 2 heterocycles. The number of benzene rings is 2. The molecule has 3 heteroatoms. The Morgan fingerprint density at radius 2 is 2.08 bits per heavy atom. The zero-order chi connectivity index (χ0) is 17.7. The summed E-state index contributed by atoms with van der Waals surface area (Å²) in [6.07, 6.45) is 3.49. The molecule has 2 aliphatic rings. The van der Waals surface area contributed by atoms with Gasteiger partial charge in [-0.05, 0) is 55.3 Å². The molecule has 1 aromatic heterocycles. The molecule has 1 N–H and O–H groups in total. The molecule has 0 unspecified atom stereocenters. The summed E-state index contributed by atoms with van der Waals surface area (Å²) in [5, 5.41) is 1.40. The highest BCUT2D eigenvalue weighted by Gasteiger charge is 2.48. The minimum absolute atomic E-state index is 0.0814. The molecule has 134 valence electrons. The number of likely N-dealkylation sites (N-methyl/N-ethyl adjacent to an activating group) is 1. The van der Waals surface area contributed by atoms with Crippen LogP contribution in [0, 0.1) is 0 Å². The number of hydrogen-bond donors (Lipinski definition) is 1. The summed E-state index contributed by atoms with van der Waals surface area (Å²) in [5.74, 6) is 0.957. The number of methoxy groups -OCH3 is 1. The van der Waals surface area contributed by atoms with Crippen LogP contribution in [0.25, 0.3) is 10.9 Å². The number of aromatic amines is 1. The van der Waals surface area contributed by atoms with Crippen molar-refractivity contribution in [3.8, 4) is 5.75 Å². The lowest BCUT2D eigenvalue weighted by Crippen LogP contribution is -2.53. The maximum Gasteiger partial charge on any atom is 0.119 e. The maximum atomic E-state index is 5.56. The fourth-order valence-electron chi connectivity index (χ4n) is 5.46. The van der Waals surface area contributed by atoms with Gasteiger partial charge in [-0.25, -0.2) is 0 Å². The first-order chi connectivity index (χ1) is 12.7. The second-order valence-corrected chi connectivity index (χ2v) is 7.78. The highest BCUT2D eigenvalue weighted by Crippen LogP contribution is 2.51. The Morgan fingerprint density at radius 1 is 1.19 bits per heavy atom.